The topological polar surface area (TPSA) is 82.6 Å². The maximum atomic E-state index is 11.3. The third-order valence-electron chi connectivity index (χ3n) is 2.69. The van der Waals surface area contributed by atoms with Crippen molar-refractivity contribution in [3.63, 3.8) is 0 Å². The molecule has 0 bridgehead atoms. The molecule has 0 saturated heterocycles. The molecule has 0 aliphatic rings. The van der Waals surface area contributed by atoms with Gasteiger partial charge in [-0.2, -0.15) is 0 Å². The summed E-state index contributed by atoms with van der Waals surface area (Å²) in [7, 11) is -1.56. The number of nitrogens with zero attached hydrogens (tertiary/aromatic N) is 1. The first-order valence-corrected chi connectivity index (χ1v) is 8.58. The number of rotatable bonds is 6. The average molecular weight is 440 g/mol. The molecular formula is C14H25IN4O2S. The van der Waals surface area contributed by atoms with E-state index in [0.29, 0.717) is 19.0 Å². The van der Waals surface area contributed by atoms with E-state index in [-0.39, 0.29) is 24.0 Å². The van der Waals surface area contributed by atoms with Crippen LogP contribution in [-0.4, -0.2) is 39.8 Å². The van der Waals surface area contributed by atoms with Crippen LogP contribution in [0.5, 0.6) is 0 Å². The van der Waals surface area contributed by atoms with Crippen molar-refractivity contribution in [1.82, 2.24) is 15.4 Å². The van der Waals surface area contributed by atoms with E-state index in [1.807, 2.05) is 44.2 Å². The summed E-state index contributed by atoms with van der Waals surface area (Å²) in [5, 5.41) is 6.30. The second-order valence-corrected chi connectivity index (χ2v) is 7.27. The van der Waals surface area contributed by atoms with Gasteiger partial charge in [-0.25, -0.2) is 13.1 Å². The minimum atomic E-state index is -3.24. The molecule has 0 radical (unpaired) electrons. The number of aliphatic imine (C=N–C) groups is 1. The van der Waals surface area contributed by atoms with E-state index in [2.05, 4.69) is 20.3 Å². The highest BCUT2D eigenvalue weighted by molar-refractivity contribution is 14.0. The number of guanidine groups is 1. The molecule has 0 saturated carbocycles. The Morgan fingerprint density at radius 2 is 1.77 bits per heavy atom. The van der Waals surface area contributed by atoms with Crippen LogP contribution in [0.25, 0.3) is 0 Å². The summed E-state index contributed by atoms with van der Waals surface area (Å²) in [4.78, 5) is 4.12. The van der Waals surface area contributed by atoms with Gasteiger partial charge in [0.05, 0.1) is 6.26 Å². The van der Waals surface area contributed by atoms with Crippen LogP contribution < -0.4 is 15.4 Å². The molecule has 1 aromatic rings. The summed E-state index contributed by atoms with van der Waals surface area (Å²) < 4.78 is 25.1. The van der Waals surface area contributed by atoms with Crippen molar-refractivity contribution >= 4 is 40.0 Å². The highest BCUT2D eigenvalue weighted by Crippen LogP contribution is 2.02. The van der Waals surface area contributed by atoms with Gasteiger partial charge in [0, 0.05) is 25.7 Å². The predicted octanol–water partition coefficient (Wildman–Crippen LogP) is 1.30. The fraction of sp³-hybridized carbons (Fsp3) is 0.500. The van der Waals surface area contributed by atoms with Crippen LogP contribution in [0, 0.1) is 0 Å². The fourth-order valence-electron chi connectivity index (χ4n) is 1.84. The van der Waals surface area contributed by atoms with E-state index < -0.39 is 15.6 Å². The third kappa shape index (κ3) is 9.21. The molecule has 126 valence electrons. The highest BCUT2D eigenvalue weighted by Gasteiger charge is 2.22. The van der Waals surface area contributed by atoms with Gasteiger partial charge in [-0.1, -0.05) is 30.3 Å². The van der Waals surface area contributed by atoms with Crippen molar-refractivity contribution in [3.05, 3.63) is 35.9 Å². The van der Waals surface area contributed by atoms with Gasteiger partial charge in [0.25, 0.3) is 0 Å². The summed E-state index contributed by atoms with van der Waals surface area (Å²) in [5.74, 6) is 0.627. The highest BCUT2D eigenvalue weighted by atomic mass is 127. The summed E-state index contributed by atoms with van der Waals surface area (Å²) in [6.45, 7) is 4.70. The van der Waals surface area contributed by atoms with Gasteiger partial charge in [-0.05, 0) is 19.4 Å². The zero-order valence-electron chi connectivity index (χ0n) is 13.4. The number of halogens is 1. The van der Waals surface area contributed by atoms with E-state index in [1.54, 1.807) is 7.05 Å². The van der Waals surface area contributed by atoms with E-state index in [1.165, 1.54) is 0 Å². The van der Waals surface area contributed by atoms with Crippen LogP contribution in [0.1, 0.15) is 19.4 Å². The fourth-order valence-corrected chi connectivity index (χ4v) is 2.92. The normalized spacial score (nSPS) is 12.5. The number of hydrogen-bond acceptors (Lipinski definition) is 3. The SMILES string of the molecule is CN=C(NCc1ccccc1)NCC(C)(C)NS(C)(=O)=O.I. The van der Waals surface area contributed by atoms with Gasteiger partial charge in [-0.15, -0.1) is 24.0 Å². The minimum Gasteiger partial charge on any atom is -0.355 e. The summed E-state index contributed by atoms with van der Waals surface area (Å²) in [5.41, 5.74) is 0.548. The Labute approximate surface area is 150 Å². The Kier molecular flexibility index (Phi) is 8.94. The van der Waals surface area contributed by atoms with E-state index in [0.717, 1.165) is 11.8 Å². The van der Waals surface area contributed by atoms with Crippen molar-refractivity contribution in [1.29, 1.82) is 0 Å². The number of hydrogen-bond donors (Lipinski definition) is 3. The number of nitrogens with one attached hydrogen (secondary N) is 3. The Hall–Kier alpha value is -0.870. The molecule has 0 aromatic heterocycles. The molecule has 0 aliphatic carbocycles. The van der Waals surface area contributed by atoms with Crippen LogP contribution in [0.4, 0.5) is 0 Å². The molecule has 3 N–H and O–H groups in total. The smallest absolute Gasteiger partial charge is 0.209 e. The largest absolute Gasteiger partial charge is 0.355 e. The monoisotopic (exact) mass is 440 g/mol. The number of benzene rings is 1. The third-order valence-corrected chi connectivity index (χ3v) is 3.61. The quantitative estimate of drug-likeness (QED) is 0.354. The molecule has 0 spiro atoms. The molecule has 1 rings (SSSR count). The molecule has 0 aliphatic heterocycles. The van der Waals surface area contributed by atoms with Gasteiger partial charge in [0.15, 0.2) is 5.96 Å². The first-order chi connectivity index (χ1) is 9.72. The lowest BCUT2D eigenvalue weighted by atomic mass is 10.1. The Morgan fingerprint density at radius 3 is 2.27 bits per heavy atom. The van der Waals surface area contributed by atoms with Crippen LogP contribution in [0.15, 0.2) is 35.3 Å². The molecule has 0 atom stereocenters. The average Bonchev–Trinajstić information content (AvgIpc) is 2.37. The van der Waals surface area contributed by atoms with E-state index >= 15 is 0 Å². The van der Waals surface area contributed by atoms with Gasteiger partial charge < -0.3 is 10.6 Å². The van der Waals surface area contributed by atoms with Gasteiger partial charge in [0.1, 0.15) is 0 Å². The van der Waals surface area contributed by atoms with E-state index in [9.17, 15) is 8.42 Å². The maximum Gasteiger partial charge on any atom is 0.209 e. The first-order valence-electron chi connectivity index (χ1n) is 6.69. The van der Waals surface area contributed by atoms with Gasteiger partial charge in [0.2, 0.25) is 10.0 Å². The van der Waals surface area contributed by atoms with Crippen molar-refractivity contribution in [2.45, 2.75) is 25.9 Å². The Morgan fingerprint density at radius 1 is 1.18 bits per heavy atom. The summed E-state index contributed by atoms with van der Waals surface area (Å²) in [6.07, 6.45) is 1.15. The Bertz CT molecular complexity index is 574. The minimum absolute atomic E-state index is 0. The second-order valence-electron chi connectivity index (χ2n) is 5.52. The Balaban J connectivity index is 0.00000441. The molecule has 0 unspecified atom stereocenters. The van der Waals surface area contributed by atoms with Crippen molar-refractivity contribution in [2.24, 2.45) is 4.99 Å². The van der Waals surface area contributed by atoms with Crippen LogP contribution >= 0.6 is 24.0 Å². The van der Waals surface area contributed by atoms with Gasteiger partial charge in [-0.3, -0.25) is 4.99 Å². The van der Waals surface area contributed by atoms with E-state index in [4.69, 9.17) is 0 Å². The van der Waals surface area contributed by atoms with Crippen LogP contribution in [0.3, 0.4) is 0 Å². The molecule has 0 amide bonds. The van der Waals surface area contributed by atoms with Crippen molar-refractivity contribution in [3.8, 4) is 0 Å². The number of sulfonamides is 1. The summed E-state index contributed by atoms with van der Waals surface area (Å²) in [6, 6.07) is 9.97. The molecule has 0 heterocycles. The maximum absolute atomic E-state index is 11.3. The lowest BCUT2D eigenvalue weighted by molar-refractivity contribution is 0.446. The van der Waals surface area contributed by atoms with Gasteiger partial charge >= 0.3 is 0 Å². The molecule has 0 fully saturated rings. The molecule has 1 aromatic carbocycles. The molecular weight excluding hydrogens is 415 g/mol. The molecule has 8 heteroatoms. The first kappa shape index (κ1) is 21.1. The molecule has 6 nitrogen and oxygen atoms in total. The zero-order chi connectivity index (χ0) is 15.9. The second kappa shape index (κ2) is 9.31. The van der Waals surface area contributed by atoms with Crippen LogP contribution in [0.2, 0.25) is 0 Å². The lowest BCUT2D eigenvalue weighted by Gasteiger charge is -2.26. The lowest BCUT2D eigenvalue weighted by Crippen LogP contribution is -2.52. The zero-order valence-corrected chi connectivity index (χ0v) is 16.5. The van der Waals surface area contributed by atoms with Crippen molar-refractivity contribution in [2.75, 3.05) is 19.8 Å². The summed E-state index contributed by atoms with van der Waals surface area (Å²) >= 11 is 0. The predicted molar refractivity (Wildman–Crippen MR) is 102 cm³/mol. The van der Waals surface area contributed by atoms with Crippen LogP contribution in [-0.2, 0) is 16.6 Å². The standard InChI is InChI=1S/C14H24N4O2S.HI/c1-14(2,18-21(4,19)20)11-17-13(15-3)16-10-12-8-6-5-7-9-12;/h5-9,18H,10-11H2,1-4H3,(H2,15,16,17);1H. The van der Waals surface area contributed by atoms with Crippen molar-refractivity contribution < 1.29 is 8.42 Å². The molecule has 22 heavy (non-hydrogen) atoms.